The summed E-state index contributed by atoms with van der Waals surface area (Å²) in [5.41, 5.74) is 6.39. The molecule has 16 heavy (non-hydrogen) atoms. The third-order valence-electron chi connectivity index (χ3n) is 2.50. The Morgan fingerprint density at radius 3 is 3.12 bits per heavy atom. The van der Waals surface area contributed by atoms with E-state index in [1.54, 1.807) is 23.9 Å². The molecule has 7 heteroatoms. The van der Waals surface area contributed by atoms with Crippen LogP contribution in [0.2, 0.25) is 0 Å². The Hall–Kier alpha value is -2.15. The summed E-state index contributed by atoms with van der Waals surface area (Å²) in [6, 6.07) is 0. The van der Waals surface area contributed by atoms with E-state index in [1.165, 1.54) is 10.7 Å². The van der Waals surface area contributed by atoms with E-state index in [2.05, 4.69) is 15.0 Å². The summed E-state index contributed by atoms with van der Waals surface area (Å²) < 4.78 is 3.08. The zero-order valence-corrected chi connectivity index (χ0v) is 8.58. The molecule has 1 atom stereocenters. The number of H-pyrrole nitrogens is 1. The van der Waals surface area contributed by atoms with Crippen molar-refractivity contribution in [2.45, 2.75) is 13.1 Å². The van der Waals surface area contributed by atoms with Crippen LogP contribution in [0, 0.1) is 0 Å². The molecule has 3 N–H and O–H groups in total. The van der Waals surface area contributed by atoms with Gasteiger partial charge < -0.3 is 10.7 Å². The molecule has 0 saturated heterocycles. The molecule has 0 aliphatic rings. The van der Waals surface area contributed by atoms with E-state index in [9.17, 15) is 4.79 Å². The van der Waals surface area contributed by atoms with Gasteiger partial charge in [0.2, 0.25) is 5.78 Å². The Kier molecular flexibility index (Phi) is 1.66. The fraction of sp³-hybridized carbons (Fsp3) is 0.222. The van der Waals surface area contributed by atoms with Crippen molar-refractivity contribution in [1.82, 2.24) is 23.9 Å². The summed E-state index contributed by atoms with van der Waals surface area (Å²) in [5, 5.41) is 0. The van der Waals surface area contributed by atoms with Crippen LogP contribution in [0.5, 0.6) is 0 Å². The van der Waals surface area contributed by atoms with Gasteiger partial charge in [-0.3, -0.25) is 13.8 Å². The quantitative estimate of drug-likeness (QED) is 0.594. The fourth-order valence-electron chi connectivity index (χ4n) is 1.71. The highest BCUT2D eigenvalue weighted by atomic mass is 16.1. The smallest absolute Gasteiger partial charge is 0.287 e. The van der Waals surface area contributed by atoms with Crippen molar-refractivity contribution < 1.29 is 0 Å². The minimum absolute atomic E-state index is 0.194. The van der Waals surface area contributed by atoms with Gasteiger partial charge in [-0.2, -0.15) is 4.98 Å². The van der Waals surface area contributed by atoms with E-state index < -0.39 is 0 Å². The maximum absolute atomic E-state index is 12.0. The van der Waals surface area contributed by atoms with E-state index in [4.69, 9.17) is 5.73 Å². The highest BCUT2D eigenvalue weighted by molar-refractivity contribution is 5.71. The Morgan fingerprint density at radius 1 is 1.56 bits per heavy atom. The maximum atomic E-state index is 12.0. The van der Waals surface area contributed by atoms with Gasteiger partial charge in [0, 0.05) is 12.4 Å². The predicted molar refractivity (Wildman–Crippen MR) is 58.0 cm³/mol. The SMILES string of the molecule is CC(N)n1cnc2c(=O)n3cc[nH]c3nc21. The normalized spacial score (nSPS) is 13.6. The van der Waals surface area contributed by atoms with Gasteiger partial charge in [0.25, 0.3) is 5.56 Å². The first-order valence-corrected chi connectivity index (χ1v) is 4.86. The number of rotatable bonds is 1. The lowest BCUT2D eigenvalue weighted by molar-refractivity contribution is 0.583. The van der Waals surface area contributed by atoms with Crippen molar-refractivity contribution in [3.05, 3.63) is 29.1 Å². The van der Waals surface area contributed by atoms with Gasteiger partial charge in [-0.05, 0) is 6.92 Å². The molecule has 0 fully saturated rings. The van der Waals surface area contributed by atoms with Crippen molar-refractivity contribution in [3.8, 4) is 0 Å². The average molecular weight is 218 g/mol. The van der Waals surface area contributed by atoms with Gasteiger partial charge in [-0.25, -0.2) is 4.98 Å². The third kappa shape index (κ3) is 1.03. The summed E-state index contributed by atoms with van der Waals surface area (Å²) in [6.07, 6.45) is 4.53. The molecule has 0 aliphatic carbocycles. The van der Waals surface area contributed by atoms with E-state index >= 15 is 0 Å². The number of nitrogens with one attached hydrogen (secondary N) is 1. The van der Waals surface area contributed by atoms with Crippen LogP contribution in [0.25, 0.3) is 16.9 Å². The molecule has 0 radical (unpaired) electrons. The Bertz CT molecular complexity index is 718. The fourth-order valence-corrected chi connectivity index (χ4v) is 1.71. The minimum Gasteiger partial charge on any atom is -0.330 e. The first-order valence-electron chi connectivity index (χ1n) is 4.86. The summed E-state index contributed by atoms with van der Waals surface area (Å²) >= 11 is 0. The second-order valence-corrected chi connectivity index (χ2v) is 3.64. The third-order valence-corrected chi connectivity index (χ3v) is 2.50. The predicted octanol–water partition coefficient (Wildman–Crippen LogP) is -0.151. The lowest BCUT2D eigenvalue weighted by Gasteiger charge is -2.06. The number of imidazole rings is 2. The average Bonchev–Trinajstić information content (AvgIpc) is 2.83. The number of aromatic nitrogens is 5. The van der Waals surface area contributed by atoms with E-state index in [1.807, 2.05) is 0 Å². The van der Waals surface area contributed by atoms with Gasteiger partial charge in [-0.15, -0.1) is 0 Å². The van der Waals surface area contributed by atoms with Gasteiger partial charge >= 0.3 is 0 Å². The highest BCUT2D eigenvalue weighted by Gasteiger charge is 2.13. The molecule has 3 aromatic rings. The lowest BCUT2D eigenvalue weighted by Crippen LogP contribution is -2.17. The van der Waals surface area contributed by atoms with Crippen molar-refractivity contribution in [2.24, 2.45) is 5.73 Å². The van der Waals surface area contributed by atoms with Crippen LogP contribution in [0.15, 0.2) is 23.5 Å². The van der Waals surface area contributed by atoms with Crippen LogP contribution in [-0.4, -0.2) is 23.9 Å². The zero-order valence-electron chi connectivity index (χ0n) is 8.58. The number of aromatic amines is 1. The molecule has 0 amide bonds. The van der Waals surface area contributed by atoms with Gasteiger partial charge in [0.1, 0.15) is 0 Å². The largest absolute Gasteiger partial charge is 0.330 e. The summed E-state index contributed by atoms with van der Waals surface area (Å²) in [4.78, 5) is 23.2. The zero-order chi connectivity index (χ0) is 11.3. The molecular weight excluding hydrogens is 208 g/mol. The van der Waals surface area contributed by atoms with E-state index in [0.717, 1.165) is 0 Å². The van der Waals surface area contributed by atoms with Crippen LogP contribution in [0.1, 0.15) is 13.1 Å². The monoisotopic (exact) mass is 218 g/mol. The van der Waals surface area contributed by atoms with Crippen molar-refractivity contribution in [1.29, 1.82) is 0 Å². The van der Waals surface area contributed by atoms with Crippen molar-refractivity contribution in [3.63, 3.8) is 0 Å². The molecule has 0 bridgehead atoms. The Labute approximate surface area is 89.5 Å². The molecule has 3 heterocycles. The second-order valence-electron chi connectivity index (χ2n) is 3.64. The van der Waals surface area contributed by atoms with Crippen molar-refractivity contribution >= 4 is 16.9 Å². The van der Waals surface area contributed by atoms with Crippen LogP contribution in [-0.2, 0) is 0 Å². The van der Waals surface area contributed by atoms with Crippen molar-refractivity contribution in [2.75, 3.05) is 0 Å². The molecular formula is C9H10N6O. The number of nitrogens with zero attached hydrogens (tertiary/aromatic N) is 4. The molecule has 0 saturated carbocycles. The van der Waals surface area contributed by atoms with E-state index in [-0.39, 0.29) is 11.7 Å². The highest BCUT2D eigenvalue weighted by Crippen LogP contribution is 2.10. The standard InChI is InChI=1S/C9H10N6O/c1-5(10)15-4-12-6-7(15)13-9-11-2-3-14(9)8(6)16/h2-5H,10H2,1H3,(H,11,13). The molecule has 0 spiro atoms. The Balaban J connectivity index is 2.53. The van der Waals surface area contributed by atoms with Crippen LogP contribution in [0.4, 0.5) is 0 Å². The second kappa shape index (κ2) is 2.92. The molecule has 0 aromatic carbocycles. The first kappa shape index (κ1) is 9.10. The number of hydrogen-bond acceptors (Lipinski definition) is 4. The lowest BCUT2D eigenvalue weighted by atomic mass is 10.5. The van der Waals surface area contributed by atoms with Gasteiger partial charge in [-0.1, -0.05) is 0 Å². The summed E-state index contributed by atoms with van der Waals surface area (Å²) in [6.45, 7) is 1.80. The Morgan fingerprint density at radius 2 is 2.38 bits per heavy atom. The van der Waals surface area contributed by atoms with Crippen LogP contribution < -0.4 is 11.3 Å². The number of fused-ring (bicyclic) bond motifs is 2. The molecule has 0 aliphatic heterocycles. The van der Waals surface area contributed by atoms with E-state index in [0.29, 0.717) is 16.9 Å². The minimum atomic E-state index is -0.269. The number of nitrogens with two attached hydrogens (primary N) is 1. The summed E-state index contributed by atoms with van der Waals surface area (Å²) in [7, 11) is 0. The van der Waals surface area contributed by atoms with Crippen LogP contribution >= 0.6 is 0 Å². The maximum Gasteiger partial charge on any atom is 0.287 e. The molecule has 1 unspecified atom stereocenters. The molecule has 3 aromatic heterocycles. The molecule has 7 nitrogen and oxygen atoms in total. The number of hydrogen-bond donors (Lipinski definition) is 2. The molecule has 3 rings (SSSR count). The topological polar surface area (TPSA) is 94.0 Å². The van der Waals surface area contributed by atoms with Gasteiger partial charge in [0.15, 0.2) is 11.2 Å². The summed E-state index contributed by atoms with van der Waals surface area (Å²) in [5.74, 6) is 0.486. The van der Waals surface area contributed by atoms with Crippen LogP contribution in [0.3, 0.4) is 0 Å². The first-order chi connectivity index (χ1) is 7.68. The molecule has 82 valence electrons. The van der Waals surface area contributed by atoms with Gasteiger partial charge in [0.05, 0.1) is 12.5 Å².